The third-order valence-corrected chi connectivity index (χ3v) is 7.13. The number of amides is 1. The zero-order valence-electron chi connectivity index (χ0n) is 16.1. The van der Waals surface area contributed by atoms with Gasteiger partial charge in [-0.1, -0.05) is 23.7 Å². The smallest absolute Gasteiger partial charge is 0.259 e. The molecule has 0 aliphatic heterocycles. The number of H-pyrrole nitrogens is 1. The zero-order valence-corrected chi connectivity index (χ0v) is 18.5. The highest BCUT2D eigenvalue weighted by molar-refractivity contribution is 7.99. The van der Waals surface area contributed by atoms with Gasteiger partial charge < -0.3 is 10.3 Å². The van der Waals surface area contributed by atoms with Crippen LogP contribution in [0.5, 0.6) is 0 Å². The van der Waals surface area contributed by atoms with Crippen molar-refractivity contribution in [2.75, 3.05) is 0 Å². The van der Waals surface area contributed by atoms with E-state index in [2.05, 4.69) is 15.3 Å². The van der Waals surface area contributed by atoms with E-state index in [0.717, 1.165) is 20.8 Å². The van der Waals surface area contributed by atoms with Gasteiger partial charge in [0.15, 0.2) is 0 Å². The molecule has 148 valence electrons. The molecule has 8 heteroatoms. The van der Waals surface area contributed by atoms with E-state index in [-0.39, 0.29) is 22.8 Å². The Bertz CT molecular complexity index is 1080. The Morgan fingerprint density at radius 2 is 2.11 bits per heavy atom. The molecule has 3 rings (SSSR count). The Kier molecular flexibility index (Phi) is 6.47. The molecule has 0 saturated heterocycles. The van der Waals surface area contributed by atoms with Crippen LogP contribution in [0.4, 0.5) is 0 Å². The second kappa shape index (κ2) is 8.68. The maximum absolute atomic E-state index is 12.5. The fraction of sp³-hybridized carbons (Fsp3) is 0.350. The summed E-state index contributed by atoms with van der Waals surface area (Å²) in [4.78, 5) is 34.1. The van der Waals surface area contributed by atoms with E-state index in [9.17, 15) is 9.59 Å². The van der Waals surface area contributed by atoms with E-state index in [1.165, 1.54) is 23.1 Å². The first-order chi connectivity index (χ1) is 13.3. The Morgan fingerprint density at radius 3 is 2.82 bits per heavy atom. The number of carbonyl (C=O) groups is 1. The lowest BCUT2D eigenvalue weighted by molar-refractivity contribution is -0.120. The number of halogens is 1. The molecule has 1 aromatic carbocycles. The van der Waals surface area contributed by atoms with Crippen LogP contribution in [0.1, 0.15) is 41.7 Å². The fourth-order valence-corrected chi connectivity index (χ4v) is 4.85. The van der Waals surface area contributed by atoms with Gasteiger partial charge in [0.1, 0.15) is 10.7 Å². The molecule has 0 fully saturated rings. The van der Waals surface area contributed by atoms with Crippen molar-refractivity contribution in [1.82, 2.24) is 15.3 Å². The molecule has 0 bridgehead atoms. The van der Waals surface area contributed by atoms with Crippen molar-refractivity contribution < 1.29 is 4.79 Å². The van der Waals surface area contributed by atoms with Gasteiger partial charge in [-0.25, -0.2) is 4.98 Å². The van der Waals surface area contributed by atoms with Crippen LogP contribution in [0.3, 0.4) is 0 Å². The summed E-state index contributed by atoms with van der Waals surface area (Å²) in [6.07, 6.45) is 0. The van der Waals surface area contributed by atoms with Crippen molar-refractivity contribution in [2.24, 2.45) is 0 Å². The number of carbonyl (C=O) groups excluding carboxylic acids is 1. The summed E-state index contributed by atoms with van der Waals surface area (Å²) in [5, 5.41) is 4.03. The number of nitrogens with one attached hydrogen (secondary N) is 2. The zero-order chi connectivity index (χ0) is 20.4. The third kappa shape index (κ3) is 4.59. The molecule has 1 amide bonds. The molecule has 2 aromatic heterocycles. The maximum atomic E-state index is 12.5. The number of benzene rings is 1. The fourth-order valence-electron chi connectivity index (χ4n) is 2.84. The normalized spacial score (nSPS) is 13.5. The molecule has 2 unspecified atom stereocenters. The quantitative estimate of drug-likeness (QED) is 0.585. The molecular weight excluding hydrogens is 414 g/mol. The average molecular weight is 436 g/mol. The summed E-state index contributed by atoms with van der Waals surface area (Å²) in [7, 11) is 0. The summed E-state index contributed by atoms with van der Waals surface area (Å²) in [6, 6.07) is 7.31. The SMILES string of the molecule is Cc1sc2nc(CSC(C)C(=O)NC(C)c3cccc(Cl)c3)[nH]c(=O)c2c1C. The van der Waals surface area contributed by atoms with Crippen molar-refractivity contribution in [1.29, 1.82) is 0 Å². The Labute approximate surface area is 176 Å². The summed E-state index contributed by atoms with van der Waals surface area (Å²) in [5.74, 6) is 0.983. The Morgan fingerprint density at radius 1 is 1.36 bits per heavy atom. The molecule has 3 aromatic rings. The predicted molar refractivity (Wildman–Crippen MR) is 118 cm³/mol. The number of thiophene rings is 1. The minimum absolute atomic E-state index is 0.0660. The first kappa shape index (κ1) is 20.9. The lowest BCUT2D eigenvalue weighted by Gasteiger charge is -2.18. The first-order valence-corrected chi connectivity index (χ1v) is 11.2. The molecule has 0 aliphatic carbocycles. The minimum atomic E-state index is -0.283. The topological polar surface area (TPSA) is 74.8 Å². The largest absolute Gasteiger partial charge is 0.349 e. The highest BCUT2D eigenvalue weighted by Crippen LogP contribution is 2.26. The standard InChI is InChI=1S/C20H22ClN3O2S2/c1-10-12(3)28-20-17(10)19(26)23-16(24-20)9-27-13(4)18(25)22-11(2)14-6-5-7-15(21)8-14/h5-8,11,13H,9H2,1-4H3,(H,22,25)(H,23,24,26). The second-order valence-electron chi connectivity index (χ2n) is 6.71. The van der Waals surface area contributed by atoms with Crippen LogP contribution in [0.25, 0.3) is 10.2 Å². The number of aromatic amines is 1. The number of thioether (sulfide) groups is 1. The van der Waals surface area contributed by atoms with Gasteiger partial charge in [0, 0.05) is 9.90 Å². The first-order valence-electron chi connectivity index (χ1n) is 8.92. The molecule has 0 radical (unpaired) electrons. The van der Waals surface area contributed by atoms with Crippen molar-refractivity contribution >= 4 is 50.8 Å². The van der Waals surface area contributed by atoms with Gasteiger partial charge in [-0.05, 0) is 51.0 Å². The summed E-state index contributed by atoms with van der Waals surface area (Å²) < 4.78 is 0. The number of aromatic nitrogens is 2. The molecule has 28 heavy (non-hydrogen) atoms. The molecule has 5 nitrogen and oxygen atoms in total. The van der Waals surface area contributed by atoms with Crippen molar-refractivity contribution in [2.45, 2.75) is 44.7 Å². The highest BCUT2D eigenvalue weighted by atomic mass is 35.5. The summed E-state index contributed by atoms with van der Waals surface area (Å²) in [5.41, 5.74) is 1.82. The van der Waals surface area contributed by atoms with Crippen molar-refractivity contribution in [3.63, 3.8) is 0 Å². The van der Waals surface area contributed by atoms with Crippen LogP contribution in [-0.2, 0) is 10.5 Å². The van der Waals surface area contributed by atoms with Crippen LogP contribution in [0.15, 0.2) is 29.1 Å². The van der Waals surface area contributed by atoms with E-state index >= 15 is 0 Å². The van der Waals surface area contributed by atoms with Gasteiger partial charge in [-0.15, -0.1) is 23.1 Å². The molecule has 2 heterocycles. The third-order valence-electron chi connectivity index (χ3n) is 4.63. The van der Waals surface area contributed by atoms with E-state index in [0.29, 0.717) is 22.0 Å². The second-order valence-corrected chi connectivity index (χ2v) is 9.68. The number of nitrogens with zero attached hydrogens (tertiary/aromatic N) is 1. The molecular formula is C20H22ClN3O2S2. The highest BCUT2D eigenvalue weighted by Gasteiger charge is 2.18. The van der Waals surface area contributed by atoms with Crippen molar-refractivity contribution in [3.05, 3.63) is 61.5 Å². The van der Waals surface area contributed by atoms with E-state index < -0.39 is 0 Å². The number of rotatable bonds is 6. The van der Waals surface area contributed by atoms with E-state index in [4.69, 9.17) is 11.6 Å². The van der Waals surface area contributed by atoms with Crippen LogP contribution in [0, 0.1) is 13.8 Å². The molecule has 2 atom stereocenters. The predicted octanol–water partition coefficient (Wildman–Crippen LogP) is 4.75. The van der Waals surface area contributed by atoms with Crippen molar-refractivity contribution in [3.8, 4) is 0 Å². The number of hydrogen-bond donors (Lipinski definition) is 2. The Hall–Kier alpha value is -1.83. The van der Waals surface area contributed by atoms with Gasteiger partial charge in [-0.2, -0.15) is 0 Å². The monoisotopic (exact) mass is 435 g/mol. The molecule has 0 saturated carbocycles. The molecule has 2 N–H and O–H groups in total. The van der Waals surface area contributed by atoms with Gasteiger partial charge >= 0.3 is 0 Å². The van der Waals surface area contributed by atoms with E-state index in [1.807, 2.05) is 45.9 Å². The van der Waals surface area contributed by atoms with E-state index in [1.54, 1.807) is 6.07 Å². The lowest BCUT2D eigenvalue weighted by atomic mass is 10.1. The summed E-state index contributed by atoms with van der Waals surface area (Å²) in [6.45, 7) is 7.70. The van der Waals surface area contributed by atoms with Crippen LogP contribution in [0.2, 0.25) is 5.02 Å². The Balaban J connectivity index is 1.63. The molecule has 0 aliphatic rings. The maximum Gasteiger partial charge on any atom is 0.259 e. The number of hydrogen-bond acceptors (Lipinski definition) is 5. The lowest BCUT2D eigenvalue weighted by Crippen LogP contribution is -2.33. The number of aryl methyl sites for hydroxylation is 2. The minimum Gasteiger partial charge on any atom is -0.349 e. The van der Waals surface area contributed by atoms with Gasteiger partial charge in [0.25, 0.3) is 5.56 Å². The summed E-state index contributed by atoms with van der Waals surface area (Å²) >= 11 is 8.98. The average Bonchev–Trinajstić information content (AvgIpc) is 2.93. The number of fused-ring (bicyclic) bond motifs is 1. The molecule has 0 spiro atoms. The van der Waals surface area contributed by atoms with Crippen LogP contribution >= 0.6 is 34.7 Å². The van der Waals surface area contributed by atoms with Gasteiger partial charge in [-0.3, -0.25) is 9.59 Å². The van der Waals surface area contributed by atoms with Gasteiger partial charge in [0.05, 0.1) is 22.4 Å². The van der Waals surface area contributed by atoms with Crippen LogP contribution in [-0.4, -0.2) is 21.1 Å². The van der Waals surface area contributed by atoms with Gasteiger partial charge in [0.2, 0.25) is 5.91 Å². The van der Waals surface area contributed by atoms with Crippen LogP contribution < -0.4 is 10.9 Å².